The minimum Gasteiger partial charge on any atom is -0.478 e. The number of carboxylic acids is 1. The Bertz CT molecular complexity index is 643. The number of aromatic carboxylic acids is 1. The van der Waals surface area contributed by atoms with Crippen molar-refractivity contribution in [1.82, 2.24) is 0 Å². The quantitative estimate of drug-likeness (QED) is 0.905. The first-order valence-electron chi connectivity index (χ1n) is 5.63. The number of carbonyl (C=O) groups excluding carboxylic acids is 1. The predicted octanol–water partition coefficient (Wildman–Crippen LogP) is 3.65. The van der Waals surface area contributed by atoms with E-state index >= 15 is 0 Å². The van der Waals surface area contributed by atoms with Crippen molar-refractivity contribution >= 4 is 29.4 Å². The highest BCUT2D eigenvalue weighted by Gasteiger charge is 2.11. The summed E-state index contributed by atoms with van der Waals surface area (Å²) >= 11 is 5.88. The Morgan fingerprint density at radius 3 is 2.45 bits per heavy atom. The zero-order valence-electron chi connectivity index (χ0n) is 10.2. The molecule has 0 spiro atoms. The lowest BCUT2D eigenvalue weighted by molar-refractivity contribution is 0.0697. The molecule has 0 saturated heterocycles. The Morgan fingerprint density at radius 1 is 1.10 bits per heavy atom. The molecule has 0 radical (unpaired) electrons. The summed E-state index contributed by atoms with van der Waals surface area (Å²) in [6, 6.07) is 12.5. The SMILES string of the molecule is O=C(Nc1cc(C(=O)O)ccc1Cl)Oc1ccccc1. The van der Waals surface area contributed by atoms with Crippen molar-refractivity contribution < 1.29 is 19.4 Å². The fourth-order valence-electron chi connectivity index (χ4n) is 1.49. The van der Waals surface area contributed by atoms with E-state index in [1.807, 2.05) is 0 Å². The molecule has 2 rings (SSSR count). The van der Waals surface area contributed by atoms with Gasteiger partial charge in [0, 0.05) is 0 Å². The Balaban J connectivity index is 2.11. The van der Waals surface area contributed by atoms with Crippen molar-refractivity contribution in [1.29, 1.82) is 0 Å². The molecule has 102 valence electrons. The van der Waals surface area contributed by atoms with Crippen LogP contribution in [0.1, 0.15) is 10.4 Å². The van der Waals surface area contributed by atoms with Crippen molar-refractivity contribution in [2.24, 2.45) is 0 Å². The number of carbonyl (C=O) groups is 2. The van der Waals surface area contributed by atoms with Crippen LogP contribution in [-0.2, 0) is 0 Å². The Hall–Kier alpha value is -2.53. The van der Waals surface area contributed by atoms with Gasteiger partial charge < -0.3 is 9.84 Å². The third-order valence-corrected chi connectivity index (χ3v) is 2.73. The molecule has 2 N–H and O–H groups in total. The smallest absolute Gasteiger partial charge is 0.417 e. The van der Waals surface area contributed by atoms with Gasteiger partial charge in [0.25, 0.3) is 0 Å². The summed E-state index contributed by atoms with van der Waals surface area (Å²) in [5.41, 5.74) is 0.192. The van der Waals surface area contributed by atoms with E-state index in [4.69, 9.17) is 21.4 Å². The highest BCUT2D eigenvalue weighted by Crippen LogP contribution is 2.23. The highest BCUT2D eigenvalue weighted by atomic mass is 35.5. The van der Waals surface area contributed by atoms with E-state index in [2.05, 4.69) is 5.32 Å². The maximum atomic E-state index is 11.7. The average Bonchev–Trinajstić information content (AvgIpc) is 2.42. The van der Waals surface area contributed by atoms with Crippen LogP contribution in [0.25, 0.3) is 0 Å². The van der Waals surface area contributed by atoms with Gasteiger partial charge in [-0.2, -0.15) is 0 Å². The van der Waals surface area contributed by atoms with E-state index in [1.165, 1.54) is 18.2 Å². The molecule has 0 atom stereocenters. The monoisotopic (exact) mass is 291 g/mol. The topological polar surface area (TPSA) is 75.6 Å². The number of hydrogen-bond donors (Lipinski definition) is 2. The maximum Gasteiger partial charge on any atom is 0.417 e. The molecule has 6 heteroatoms. The molecule has 2 aromatic carbocycles. The minimum absolute atomic E-state index is 0.0180. The molecule has 0 heterocycles. The van der Waals surface area contributed by atoms with Crippen LogP contribution in [0.5, 0.6) is 5.75 Å². The predicted molar refractivity (Wildman–Crippen MR) is 74.5 cm³/mol. The zero-order chi connectivity index (χ0) is 14.5. The van der Waals surface area contributed by atoms with E-state index in [1.54, 1.807) is 30.3 Å². The fourth-order valence-corrected chi connectivity index (χ4v) is 1.65. The van der Waals surface area contributed by atoms with Crippen molar-refractivity contribution in [3.63, 3.8) is 0 Å². The molecule has 0 bridgehead atoms. The van der Waals surface area contributed by atoms with Gasteiger partial charge in [-0.3, -0.25) is 5.32 Å². The third-order valence-electron chi connectivity index (χ3n) is 2.40. The first-order valence-corrected chi connectivity index (χ1v) is 6.01. The molecular formula is C14H10ClNO4. The summed E-state index contributed by atoms with van der Waals surface area (Å²) in [6.07, 6.45) is -0.749. The Kier molecular flexibility index (Phi) is 4.22. The molecule has 2 aromatic rings. The van der Waals surface area contributed by atoms with Gasteiger partial charge in [-0.15, -0.1) is 0 Å². The fraction of sp³-hybridized carbons (Fsp3) is 0. The highest BCUT2D eigenvalue weighted by molar-refractivity contribution is 6.33. The number of halogens is 1. The lowest BCUT2D eigenvalue weighted by Gasteiger charge is -2.08. The number of amides is 1. The van der Waals surface area contributed by atoms with Gasteiger partial charge in [-0.25, -0.2) is 9.59 Å². The van der Waals surface area contributed by atoms with Gasteiger partial charge >= 0.3 is 12.1 Å². The van der Waals surface area contributed by atoms with E-state index in [-0.39, 0.29) is 16.3 Å². The first kappa shape index (κ1) is 13.9. The number of para-hydroxylation sites is 1. The van der Waals surface area contributed by atoms with Crippen LogP contribution in [0, 0.1) is 0 Å². The molecule has 20 heavy (non-hydrogen) atoms. The molecule has 0 fully saturated rings. The van der Waals surface area contributed by atoms with Crippen LogP contribution < -0.4 is 10.1 Å². The molecule has 0 saturated carbocycles. The Morgan fingerprint density at radius 2 is 1.80 bits per heavy atom. The second-order valence-electron chi connectivity index (χ2n) is 3.83. The standard InChI is InChI=1S/C14H10ClNO4/c15-11-7-6-9(13(17)18)8-12(11)16-14(19)20-10-4-2-1-3-5-10/h1-8H,(H,16,19)(H,17,18). The van der Waals surface area contributed by atoms with Crippen molar-refractivity contribution in [3.8, 4) is 5.75 Å². The molecule has 5 nitrogen and oxygen atoms in total. The van der Waals surface area contributed by atoms with Crippen LogP contribution >= 0.6 is 11.6 Å². The maximum absolute atomic E-state index is 11.7. The number of anilines is 1. The second kappa shape index (κ2) is 6.08. The first-order chi connectivity index (χ1) is 9.56. The summed E-state index contributed by atoms with van der Waals surface area (Å²) in [7, 11) is 0. The summed E-state index contributed by atoms with van der Waals surface area (Å²) in [5, 5.41) is 11.5. The van der Waals surface area contributed by atoms with E-state index in [0.717, 1.165) is 0 Å². The van der Waals surface area contributed by atoms with Crippen LogP contribution in [0.2, 0.25) is 5.02 Å². The average molecular weight is 292 g/mol. The molecule has 0 aliphatic rings. The van der Waals surface area contributed by atoms with Crippen molar-refractivity contribution in [3.05, 3.63) is 59.1 Å². The summed E-state index contributed by atoms with van der Waals surface area (Å²) in [6.45, 7) is 0. The number of ether oxygens (including phenoxy) is 1. The van der Waals surface area contributed by atoms with Crippen LogP contribution in [-0.4, -0.2) is 17.2 Å². The van der Waals surface area contributed by atoms with Crippen molar-refractivity contribution in [2.75, 3.05) is 5.32 Å². The molecule has 0 aliphatic carbocycles. The van der Waals surface area contributed by atoms with Crippen molar-refractivity contribution in [2.45, 2.75) is 0 Å². The Labute approximate surface area is 119 Å². The molecule has 0 aliphatic heterocycles. The van der Waals surface area contributed by atoms with Gasteiger partial charge in [0.05, 0.1) is 16.3 Å². The lowest BCUT2D eigenvalue weighted by Crippen LogP contribution is -2.17. The van der Waals surface area contributed by atoms with E-state index < -0.39 is 12.1 Å². The number of benzene rings is 2. The molecule has 1 amide bonds. The number of hydrogen-bond acceptors (Lipinski definition) is 3. The van der Waals surface area contributed by atoms with Gasteiger partial charge in [0.15, 0.2) is 0 Å². The molecule has 0 unspecified atom stereocenters. The van der Waals surface area contributed by atoms with Crippen LogP contribution in [0.15, 0.2) is 48.5 Å². The van der Waals surface area contributed by atoms with Crippen LogP contribution in [0.3, 0.4) is 0 Å². The summed E-state index contributed by atoms with van der Waals surface area (Å²) in [4.78, 5) is 22.5. The second-order valence-corrected chi connectivity index (χ2v) is 4.23. The summed E-state index contributed by atoms with van der Waals surface area (Å²) in [5.74, 6) is -0.739. The van der Waals surface area contributed by atoms with Gasteiger partial charge in [-0.1, -0.05) is 29.8 Å². The molecule has 0 aromatic heterocycles. The number of rotatable bonds is 3. The number of nitrogens with one attached hydrogen (secondary N) is 1. The molecular weight excluding hydrogens is 282 g/mol. The van der Waals surface area contributed by atoms with Gasteiger partial charge in [0.1, 0.15) is 5.75 Å². The van der Waals surface area contributed by atoms with Gasteiger partial charge in [-0.05, 0) is 30.3 Å². The zero-order valence-corrected chi connectivity index (χ0v) is 10.9. The summed E-state index contributed by atoms with van der Waals surface area (Å²) < 4.78 is 5.02. The van der Waals surface area contributed by atoms with E-state index in [0.29, 0.717) is 5.75 Å². The lowest BCUT2D eigenvalue weighted by atomic mass is 10.2. The number of carboxylic acid groups (broad SMARTS) is 1. The van der Waals surface area contributed by atoms with Gasteiger partial charge in [0.2, 0.25) is 0 Å². The third kappa shape index (κ3) is 3.49. The minimum atomic E-state index is -1.11. The largest absolute Gasteiger partial charge is 0.478 e. The van der Waals surface area contributed by atoms with Crippen LogP contribution in [0.4, 0.5) is 10.5 Å². The van der Waals surface area contributed by atoms with E-state index in [9.17, 15) is 9.59 Å². The normalized spacial score (nSPS) is 9.85.